The summed E-state index contributed by atoms with van der Waals surface area (Å²) in [5, 5.41) is 8.85. The summed E-state index contributed by atoms with van der Waals surface area (Å²) in [6.45, 7) is 2.55. The molecule has 0 bridgehead atoms. The van der Waals surface area contributed by atoms with Crippen molar-refractivity contribution in [2.24, 2.45) is 0 Å². The van der Waals surface area contributed by atoms with Crippen molar-refractivity contribution in [3.63, 3.8) is 0 Å². The lowest BCUT2D eigenvalue weighted by Crippen LogP contribution is -1.98. The molecule has 21 heavy (non-hydrogen) atoms. The number of carbonyl (C=O) groups is 1. The van der Waals surface area contributed by atoms with Crippen molar-refractivity contribution in [2.45, 2.75) is 19.8 Å². The largest absolute Gasteiger partial charge is 0.491 e. The summed E-state index contributed by atoms with van der Waals surface area (Å²) in [5.41, 5.74) is 1.66. The maximum atomic E-state index is 14.0. The summed E-state index contributed by atoms with van der Waals surface area (Å²) in [5.74, 6) is -1.15. The van der Waals surface area contributed by atoms with Gasteiger partial charge in [-0.15, -0.1) is 0 Å². The van der Waals surface area contributed by atoms with Gasteiger partial charge in [-0.3, -0.25) is 0 Å². The van der Waals surface area contributed by atoms with Crippen molar-refractivity contribution in [1.82, 2.24) is 0 Å². The minimum Gasteiger partial charge on any atom is -0.491 e. The molecule has 2 aromatic carbocycles. The molecule has 0 amide bonds. The van der Waals surface area contributed by atoms with Crippen molar-refractivity contribution < 1.29 is 19.0 Å². The zero-order valence-electron chi connectivity index (χ0n) is 11.8. The van der Waals surface area contributed by atoms with Gasteiger partial charge in [0.1, 0.15) is 0 Å². The average molecular weight is 288 g/mol. The highest BCUT2D eigenvalue weighted by Gasteiger charge is 2.07. The molecular formula is C17H17FO3. The number of ether oxygens (including phenoxy) is 1. The van der Waals surface area contributed by atoms with E-state index in [4.69, 9.17) is 9.84 Å². The van der Waals surface area contributed by atoms with Crippen molar-refractivity contribution >= 4 is 5.97 Å². The van der Waals surface area contributed by atoms with Gasteiger partial charge in [0.25, 0.3) is 0 Å². The van der Waals surface area contributed by atoms with Gasteiger partial charge in [-0.25, -0.2) is 9.18 Å². The van der Waals surface area contributed by atoms with Gasteiger partial charge in [0.05, 0.1) is 12.2 Å². The van der Waals surface area contributed by atoms with Gasteiger partial charge in [0.15, 0.2) is 11.6 Å². The molecule has 0 unspecified atom stereocenters. The number of rotatable bonds is 6. The van der Waals surface area contributed by atoms with Crippen LogP contribution in [0.4, 0.5) is 4.39 Å². The summed E-state index contributed by atoms with van der Waals surface area (Å²) < 4.78 is 19.3. The Morgan fingerprint density at radius 3 is 2.38 bits per heavy atom. The summed E-state index contributed by atoms with van der Waals surface area (Å²) in [6, 6.07) is 11.1. The van der Waals surface area contributed by atoms with Gasteiger partial charge in [-0.2, -0.15) is 0 Å². The maximum absolute atomic E-state index is 14.0. The number of aromatic carboxylic acids is 1. The van der Waals surface area contributed by atoms with Crippen molar-refractivity contribution in [3.05, 3.63) is 53.8 Å². The fourth-order valence-corrected chi connectivity index (χ4v) is 1.93. The van der Waals surface area contributed by atoms with Crippen LogP contribution in [-0.2, 0) is 0 Å². The van der Waals surface area contributed by atoms with Crippen LogP contribution in [0.1, 0.15) is 30.1 Å². The van der Waals surface area contributed by atoms with E-state index >= 15 is 0 Å². The summed E-state index contributed by atoms with van der Waals surface area (Å²) in [6.07, 6.45) is 1.88. The molecule has 0 aliphatic rings. The number of benzene rings is 2. The third-order valence-electron chi connectivity index (χ3n) is 3.15. The van der Waals surface area contributed by atoms with Crippen LogP contribution in [0.3, 0.4) is 0 Å². The lowest BCUT2D eigenvalue weighted by Gasteiger charge is -2.08. The predicted molar refractivity (Wildman–Crippen MR) is 79.2 cm³/mol. The lowest BCUT2D eigenvalue weighted by molar-refractivity contribution is 0.0697. The first-order chi connectivity index (χ1) is 10.1. The second-order valence-corrected chi connectivity index (χ2v) is 4.73. The first-order valence-electron chi connectivity index (χ1n) is 6.88. The molecule has 110 valence electrons. The Morgan fingerprint density at radius 2 is 1.81 bits per heavy atom. The molecule has 3 nitrogen and oxygen atoms in total. The molecule has 0 radical (unpaired) electrons. The Hall–Kier alpha value is -2.36. The molecule has 4 heteroatoms. The Morgan fingerprint density at radius 1 is 1.14 bits per heavy atom. The van der Waals surface area contributed by atoms with Gasteiger partial charge in [0.2, 0.25) is 0 Å². The van der Waals surface area contributed by atoms with Crippen LogP contribution >= 0.6 is 0 Å². The lowest BCUT2D eigenvalue weighted by atomic mass is 10.0. The van der Waals surface area contributed by atoms with Crippen LogP contribution in [0, 0.1) is 5.82 Å². The third-order valence-corrected chi connectivity index (χ3v) is 3.15. The summed E-state index contributed by atoms with van der Waals surface area (Å²) >= 11 is 0. The molecule has 0 fully saturated rings. The number of hydrogen-bond acceptors (Lipinski definition) is 2. The smallest absolute Gasteiger partial charge is 0.335 e. The Labute approximate surface area is 123 Å². The number of hydrogen-bond donors (Lipinski definition) is 1. The molecule has 1 N–H and O–H groups in total. The number of unbranched alkanes of at least 4 members (excludes halogenated alkanes) is 1. The molecule has 2 rings (SSSR count). The molecule has 0 aliphatic carbocycles. The molecule has 0 aromatic heterocycles. The van der Waals surface area contributed by atoms with E-state index in [2.05, 4.69) is 0 Å². The van der Waals surface area contributed by atoms with E-state index in [9.17, 15) is 9.18 Å². The molecule has 0 aliphatic heterocycles. The van der Waals surface area contributed by atoms with Gasteiger partial charge in [-0.05, 0) is 41.8 Å². The van der Waals surface area contributed by atoms with E-state index < -0.39 is 11.8 Å². The zero-order chi connectivity index (χ0) is 15.2. The van der Waals surface area contributed by atoms with E-state index in [0.29, 0.717) is 12.2 Å². The highest BCUT2D eigenvalue weighted by molar-refractivity contribution is 5.88. The minimum absolute atomic E-state index is 0.207. The van der Waals surface area contributed by atoms with Crippen LogP contribution in [-0.4, -0.2) is 17.7 Å². The SMILES string of the molecule is CCCCOc1ccc(-c2ccc(C(=O)O)cc2)cc1F. The van der Waals surface area contributed by atoms with Gasteiger partial charge in [0, 0.05) is 0 Å². The van der Waals surface area contributed by atoms with Gasteiger partial charge in [-0.1, -0.05) is 31.5 Å². The molecule has 0 spiro atoms. The number of carboxylic acid groups (broad SMARTS) is 1. The van der Waals surface area contributed by atoms with E-state index in [0.717, 1.165) is 18.4 Å². The first kappa shape index (κ1) is 15.0. The molecule has 0 saturated carbocycles. The second-order valence-electron chi connectivity index (χ2n) is 4.73. The van der Waals surface area contributed by atoms with E-state index in [-0.39, 0.29) is 11.3 Å². The maximum Gasteiger partial charge on any atom is 0.335 e. The quantitative estimate of drug-likeness (QED) is 0.803. The van der Waals surface area contributed by atoms with Crippen molar-refractivity contribution in [2.75, 3.05) is 6.61 Å². The highest BCUT2D eigenvalue weighted by atomic mass is 19.1. The van der Waals surface area contributed by atoms with Crippen LogP contribution in [0.5, 0.6) is 5.75 Å². The third kappa shape index (κ3) is 3.81. The second kappa shape index (κ2) is 6.88. The Kier molecular flexibility index (Phi) is 4.93. The first-order valence-corrected chi connectivity index (χ1v) is 6.88. The number of halogens is 1. The van der Waals surface area contributed by atoms with Crippen molar-refractivity contribution in [1.29, 1.82) is 0 Å². The standard InChI is InChI=1S/C17H17FO3/c1-2-3-10-21-16-9-8-14(11-15(16)18)12-4-6-13(7-5-12)17(19)20/h4-9,11H,2-3,10H2,1H3,(H,19,20). The molecule has 0 saturated heterocycles. The summed E-state index contributed by atoms with van der Waals surface area (Å²) in [7, 11) is 0. The fraction of sp³-hybridized carbons (Fsp3) is 0.235. The minimum atomic E-state index is -0.979. The van der Waals surface area contributed by atoms with Crippen LogP contribution in [0.2, 0.25) is 0 Å². The Bertz CT molecular complexity index is 620. The van der Waals surface area contributed by atoms with E-state index in [1.54, 1.807) is 24.3 Å². The molecule has 0 heterocycles. The normalized spacial score (nSPS) is 10.4. The number of carboxylic acids is 1. The van der Waals surface area contributed by atoms with Crippen LogP contribution in [0.25, 0.3) is 11.1 Å². The average Bonchev–Trinajstić information content (AvgIpc) is 2.49. The molecular weight excluding hydrogens is 271 g/mol. The van der Waals surface area contributed by atoms with E-state index in [1.807, 2.05) is 6.92 Å². The summed E-state index contributed by atoms with van der Waals surface area (Å²) in [4.78, 5) is 10.8. The van der Waals surface area contributed by atoms with Gasteiger partial charge < -0.3 is 9.84 Å². The molecule has 0 atom stereocenters. The zero-order valence-corrected chi connectivity index (χ0v) is 11.8. The van der Waals surface area contributed by atoms with Crippen LogP contribution < -0.4 is 4.74 Å². The topological polar surface area (TPSA) is 46.5 Å². The van der Waals surface area contributed by atoms with Crippen molar-refractivity contribution in [3.8, 4) is 16.9 Å². The van der Waals surface area contributed by atoms with Crippen LogP contribution in [0.15, 0.2) is 42.5 Å². The fourth-order valence-electron chi connectivity index (χ4n) is 1.93. The highest BCUT2D eigenvalue weighted by Crippen LogP contribution is 2.26. The predicted octanol–water partition coefficient (Wildman–Crippen LogP) is 4.37. The molecule has 2 aromatic rings. The van der Waals surface area contributed by atoms with Gasteiger partial charge >= 0.3 is 5.97 Å². The Balaban J connectivity index is 2.17. The monoisotopic (exact) mass is 288 g/mol. The van der Waals surface area contributed by atoms with E-state index in [1.165, 1.54) is 18.2 Å².